The Balaban J connectivity index is 2.21. The van der Waals surface area contributed by atoms with E-state index in [0.717, 1.165) is 40.4 Å². The van der Waals surface area contributed by atoms with E-state index in [4.69, 9.17) is 37.9 Å². The Morgan fingerprint density at radius 2 is 1.36 bits per heavy atom. The number of amides is 1. The van der Waals surface area contributed by atoms with E-state index in [1.54, 1.807) is 30.3 Å². The predicted octanol–water partition coefficient (Wildman–Crippen LogP) is 0.861. The van der Waals surface area contributed by atoms with E-state index in [1.807, 2.05) is 0 Å². The van der Waals surface area contributed by atoms with E-state index in [9.17, 15) is 33.6 Å². The van der Waals surface area contributed by atoms with Crippen molar-refractivity contribution in [1.29, 1.82) is 0 Å². The maximum Gasteiger partial charge on any atom is 0.410 e. The number of hydrogen-bond acceptors (Lipinski definition) is 15. The molecule has 1 aliphatic rings. The van der Waals surface area contributed by atoms with Crippen LogP contribution in [0.4, 0.5) is 4.79 Å². The van der Waals surface area contributed by atoms with Gasteiger partial charge in [-0.05, 0) is 12.0 Å². The standard InChI is InChI=1S/C28H35NO15/c1-15(30)38-14-21-23(40-16(2)31)24(41-17(3)32)25(42-18(4)33)27(43-21)44-28(36)29-20(26(35)37-5)11-12-22(34)39-13-19-9-7-6-8-10-19/h6-10,20-21,23-25,27H,11-14H2,1-5H3,(H,29,36)/t20-,21+,23+,24-,25+,27?/m0/s1. The molecule has 1 fully saturated rings. The second-order valence-electron chi connectivity index (χ2n) is 9.38. The summed E-state index contributed by atoms with van der Waals surface area (Å²) in [4.78, 5) is 84.8. The minimum atomic E-state index is -1.83. The Hall–Kier alpha value is -4.73. The minimum absolute atomic E-state index is 0.000930. The molecule has 16 nitrogen and oxygen atoms in total. The van der Waals surface area contributed by atoms with Gasteiger partial charge in [0.1, 0.15) is 25.4 Å². The maximum atomic E-state index is 12.9. The first kappa shape index (κ1) is 35.5. The molecule has 0 radical (unpaired) electrons. The lowest BCUT2D eigenvalue weighted by atomic mass is 9.98. The maximum absolute atomic E-state index is 12.9. The molecule has 0 spiro atoms. The second kappa shape index (κ2) is 17.4. The average Bonchev–Trinajstić information content (AvgIpc) is 2.95. The number of benzene rings is 1. The lowest BCUT2D eigenvalue weighted by Crippen LogP contribution is -2.63. The fourth-order valence-corrected chi connectivity index (χ4v) is 4.03. The highest BCUT2D eigenvalue weighted by Crippen LogP contribution is 2.30. The van der Waals surface area contributed by atoms with E-state index >= 15 is 0 Å². The molecule has 0 saturated carbocycles. The van der Waals surface area contributed by atoms with Gasteiger partial charge in [-0.1, -0.05) is 30.3 Å². The summed E-state index contributed by atoms with van der Waals surface area (Å²) in [6, 6.07) is 7.49. The highest BCUT2D eigenvalue weighted by Gasteiger charge is 2.54. The molecular formula is C28H35NO15. The van der Waals surface area contributed by atoms with Gasteiger partial charge < -0.3 is 43.2 Å². The normalized spacial score (nSPS) is 21.4. The summed E-state index contributed by atoms with van der Waals surface area (Å²) in [5.74, 6) is -4.95. The first-order valence-corrected chi connectivity index (χ1v) is 13.4. The predicted molar refractivity (Wildman–Crippen MR) is 143 cm³/mol. The van der Waals surface area contributed by atoms with Gasteiger partial charge in [0, 0.05) is 34.1 Å². The fraction of sp³-hybridized carbons (Fsp3) is 0.536. The number of esters is 6. The topological polar surface area (TPSA) is 205 Å². The van der Waals surface area contributed by atoms with Gasteiger partial charge in [0.15, 0.2) is 12.2 Å². The third-order valence-electron chi connectivity index (χ3n) is 5.83. The van der Waals surface area contributed by atoms with Crippen molar-refractivity contribution < 1.29 is 71.5 Å². The molecular weight excluding hydrogens is 590 g/mol. The van der Waals surface area contributed by atoms with Crippen LogP contribution in [0.5, 0.6) is 0 Å². The van der Waals surface area contributed by atoms with Crippen molar-refractivity contribution in [2.45, 2.75) is 83.9 Å². The summed E-state index contributed by atoms with van der Waals surface area (Å²) in [6.07, 6.45) is -9.74. The Labute approximate surface area is 252 Å². The van der Waals surface area contributed by atoms with Gasteiger partial charge in [0.05, 0.1) is 7.11 Å². The van der Waals surface area contributed by atoms with Crippen LogP contribution in [0.3, 0.4) is 0 Å². The lowest BCUT2D eigenvalue weighted by Gasteiger charge is -2.43. The molecule has 0 bridgehead atoms. The molecule has 1 heterocycles. The first-order valence-electron chi connectivity index (χ1n) is 13.4. The minimum Gasteiger partial charge on any atom is -0.467 e. The van der Waals surface area contributed by atoms with Crippen molar-refractivity contribution in [3.8, 4) is 0 Å². The zero-order chi connectivity index (χ0) is 32.8. The third kappa shape index (κ3) is 11.9. The number of nitrogens with one attached hydrogen (secondary N) is 1. The third-order valence-corrected chi connectivity index (χ3v) is 5.83. The smallest absolute Gasteiger partial charge is 0.410 e. The van der Waals surface area contributed by atoms with Gasteiger partial charge in [-0.15, -0.1) is 0 Å². The summed E-state index contributed by atoms with van der Waals surface area (Å²) < 4.78 is 41.6. The summed E-state index contributed by atoms with van der Waals surface area (Å²) in [5.41, 5.74) is 0.747. The van der Waals surface area contributed by atoms with E-state index < -0.39 is 85.3 Å². The van der Waals surface area contributed by atoms with Crippen LogP contribution in [0.2, 0.25) is 0 Å². The summed E-state index contributed by atoms with van der Waals surface area (Å²) in [7, 11) is 1.07. The molecule has 1 aromatic carbocycles. The monoisotopic (exact) mass is 625 g/mol. The number of methoxy groups -OCH3 is 1. The van der Waals surface area contributed by atoms with E-state index in [2.05, 4.69) is 5.32 Å². The van der Waals surface area contributed by atoms with Gasteiger partial charge in [-0.3, -0.25) is 24.0 Å². The Morgan fingerprint density at radius 3 is 1.93 bits per heavy atom. The molecule has 2 rings (SSSR count). The van der Waals surface area contributed by atoms with E-state index in [0.29, 0.717) is 0 Å². The highest BCUT2D eigenvalue weighted by molar-refractivity contribution is 5.82. The molecule has 6 atom stereocenters. The molecule has 242 valence electrons. The van der Waals surface area contributed by atoms with Gasteiger partial charge in [-0.2, -0.15) is 0 Å². The summed E-state index contributed by atoms with van der Waals surface area (Å²) >= 11 is 0. The zero-order valence-corrected chi connectivity index (χ0v) is 24.8. The Morgan fingerprint density at radius 1 is 0.773 bits per heavy atom. The molecule has 1 saturated heterocycles. The van der Waals surface area contributed by atoms with Crippen LogP contribution in [0.25, 0.3) is 0 Å². The van der Waals surface area contributed by atoms with Crippen LogP contribution in [-0.2, 0) is 73.3 Å². The quantitative estimate of drug-likeness (QED) is 0.238. The van der Waals surface area contributed by atoms with Gasteiger partial charge in [0.2, 0.25) is 12.4 Å². The lowest BCUT2D eigenvalue weighted by molar-refractivity contribution is -0.294. The van der Waals surface area contributed by atoms with Crippen LogP contribution in [-0.4, -0.2) is 92.4 Å². The summed E-state index contributed by atoms with van der Waals surface area (Å²) in [5, 5.41) is 2.24. The van der Waals surface area contributed by atoms with Crippen molar-refractivity contribution in [3.05, 3.63) is 35.9 Å². The number of alkyl carbamates (subject to hydrolysis) is 1. The fourth-order valence-electron chi connectivity index (χ4n) is 4.03. The highest BCUT2D eigenvalue weighted by atomic mass is 16.8. The molecule has 0 aromatic heterocycles. The number of carbonyl (C=O) groups excluding carboxylic acids is 7. The SMILES string of the molecule is COC(=O)[C@H](CCC(=O)OCc1ccccc1)NC(=O)OC1O[C@H](COC(C)=O)[C@@H](OC(C)=O)[C@H](OC(C)=O)[C@H]1OC(C)=O. The number of hydrogen-bond donors (Lipinski definition) is 1. The van der Waals surface area contributed by atoms with E-state index in [1.165, 1.54) is 0 Å². The molecule has 1 amide bonds. The molecule has 1 N–H and O–H groups in total. The van der Waals surface area contributed by atoms with Crippen LogP contribution in [0.1, 0.15) is 46.1 Å². The summed E-state index contributed by atoms with van der Waals surface area (Å²) in [6.45, 7) is 3.64. The number of carbonyl (C=O) groups is 7. The van der Waals surface area contributed by atoms with Crippen molar-refractivity contribution >= 4 is 41.9 Å². The first-order chi connectivity index (χ1) is 20.8. The molecule has 16 heteroatoms. The molecule has 1 aromatic rings. The average molecular weight is 626 g/mol. The molecule has 44 heavy (non-hydrogen) atoms. The van der Waals surface area contributed by atoms with Crippen molar-refractivity contribution in [2.24, 2.45) is 0 Å². The van der Waals surface area contributed by atoms with Crippen LogP contribution in [0, 0.1) is 0 Å². The molecule has 1 aliphatic heterocycles. The largest absolute Gasteiger partial charge is 0.467 e. The van der Waals surface area contributed by atoms with E-state index in [-0.39, 0.29) is 19.4 Å². The van der Waals surface area contributed by atoms with Gasteiger partial charge >= 0.3 is 41.9 Å². The zero-order valence-electron chi connectivity index (χ0n) is 24.8. The number of rotatable bonds is 13. The van der Waals surface area contributed by atoms with Crippen molar-refractivity contribution in [2.75, 3.05) is 13.7 Å². The van der Waals surface area contributed by atoms with Gasteiger partial charge in [0.25, 0.3) is 0 Å². The molecule has 0 aliphatic carbocycles. The Bertz CT molecular complexity index is 1190. The number of ether oxygens (including phenoxy) is 8. The van der Waals surface area contributed by atoms with Crippen molar-refractivity contribution in [3.63, 3.8) is 0 Å². The second-order valence-corrected chi connectivity index (χ2v) is 9.38. The van der Waals surface area contributed by atoms with Gasteiger partial charge in [-0.25, -0.2) is 9.59 Å². The van der Waals surface area contributed by atoms with Crippen LogP contribution in [0.15, 0.2) is 30.3 Å². The Kier molecular flexibility index (Phi) is 14.0. The van der Waals surface area contributed by atoms with Crippen LogP contribution >= 0.6 is 0 Å². The molecule has 1 unspecified atom stereocenters. The van der Waals surface area contributed by atoms with Crippen molar-refractivity contribution in [1.82, 2.24) is 5.32 Å². The van der Waals surface area contributed by atoms with Crippen LogP contribution < -0.4 is 5.32 Å².